The minimum absolute atomic E-state index is 0.0814. The van der Waals surface area contributed by atoms with Crippen molar-refractivity contribution in [3.05, 3.63) is 71.8 Å². The van der Waals surface area contributed by atoms with E-state index in [1.54, 1.807) is 36.4 Å². The zero-order valence-electron chi connectivity index (χ0n) is 13.0. The standard InChI is InChI=1S/C20H20O3/c21-18(16-10-4-1-5-11-16)20(14-8-3-9-15-20)23-19(22)17-12-6-2-7-13-17/h1-2,4-7,10-13H,3,8-9,14-15H2. The number of carbonyl (C=O) groups is 2. The molecule has 0 unspecified atom stereocenters. The van der Waals surface area contributed by atoms with E-state index in [9.17, 15) is 9.59 Å². The van der Waals surface area contributed by atoms with E-state index in [1.165, 1.54) is 0 Å². The van der Waals surface area contributed by atoms with Crippen LogP contribution >= 0.6 is 0 Å². The highest BCUT2D eigenvalue weighted by atomic mass is 16.6. The fourth-order valence-corrected chi connectivity index (χ4v) is 3.16. The summed E-state index contributed by atoms with van der Waals surface area (Å²) in [4.78, 5) is 25.5. The average Bonchev–Trinajstić information content (AvgIpc) is 2.63. The Morgan fingerprint density at radius 2 is 1.26 bits per heavy atom. The molecular formula is C20H20O3. The molecule has 1 aliphatic rings. The van der Waals surface area contributed by atoms with Gasteiger partial charge in [0.25, 0.3) is 0 Å². The van der Waals surface area contributed by atoms with Crippen molar-refractivity contribution in [2.24, 2.45) is 0 Å². The normalized spacial score (nSPS) is 16.5. The van der Waals surface area contributed by atoms with Crippen LogP contribution in [0.25, 0.3) is 0 Å². The predicted octanol–water partition coefficient (Wildman–Crippen LogP) is 4.43. The van der Waals surface area contributed by atoms with Crippen molar-refractivity contribution < 1.29 is 14.3 Å². The molecule has 0 heterocycles. The molecule has 3 heteroatoms. The molecule has 1 saturated carbocycles. The Morgan fingerprint density at radius 3 is 1.83 bits per heavy atom. The van der Waals surface area contributed by atoms with Gasteiger partial charge in [-0.2, -0.15) is 0 Å². The summed E-state index contributed by atoms with van der Waals surface area (Å²) in [6, 6.07) is 18.0. The van der Waals surface area contributed by atoms with E-state index >= 15 is 0 Å². The number of Topliss-reactive ketones (excluding diaryl/α,β-unsaturated/α-hetero) is 1. The van der Waals surface area contributed by atoms with E-state index in [2.05, 4.69) is 0 Å². The van der Waals surface area contributed by atoms with Crippen LogP contribution < -0.4 is 0 Å². The molecule has 0 spiro atoms. The molecule has 0 bridgehead atoms. The molecule has 118 valence electrons. The number of ether oxygens (including phenoxy) is 1. The third-order valence-electron chi connectivity index (χ3n) is 4.41. The van der Waals surface area contributed by atoms with Gasteiger partial charge < -0.3 is 4.74 Å². The van der Waals surface area contributed by atoms with Gasteiger partial charge in [-0.05, 0) is 37.8 Å². The zero-order valence-corrected chi connectivity index (χ0v) is 13.0. The Balaban J connectivity index is 1.88. The van der Waals surface area contributed by atoms with Gasteiger partial charge in [-0.25, -0.2) is 4.79 Å². The van der Waals surface area contributed by atoms with Gasteiger partial charge in [-0.15, -0.1) is 0 Å². The summed E-state index contributed by atoms with van der Waals surface area (Å²) in [5.41, 5.74) is 0.0700. The van der Waals surface area contributed by atoms with Gasteiger partial charge in [0.2, 0.25) is 5.78 Å². The van der Waals surface area contributed by atoms with Crippen molar-refractivity contribution in [3.8, 4) is 0 Å². The molecule has 2 aromatic carbocycles. The minimum atomic E-state index is -1.02. The lowest BCUT2D eigenvalue weighted by Gasteiger charge is -2.35. The fraction of sp³-hybridized carbons (Fsp3) is 0.300. The molecule has 1 fully saturated rings. The Bertz CT molecular complexity index is 671. The van der Waals surface area contributed by atoms with Gasteiger partial charge in [-0.3, -0.25) is 4.79 Å². The molecule has 0 atom stereocenters. The van der Waals surface area contributed by atoms with Crippen molar-refractivity contribution in [2.75, 3.05) is 0 Å². The minimum Gasteiger partial charge on any atom is -0.447 e. The van der Waals surface area contributed by atoms with E-state index in [4.69, 9.17) is 4.74 Å². The lowest BCUT2D eigenvalue weighted by Crippen LogP contribution is -2.45. The molecule has 23 heavy (non-hydrogen) atoms. The maximum Gasteiger partial charge on any atom is 0.339 e. The maximum atomic E-state index is 13.0. The monoisotopic (exact) mass is 308 g/mol. The highest BCUT2D eigenvalue weighted by Crippen LogP contribution is 2.35. The molecule has 3 rings (SSSR count). The quantitative estimate of drug-likeness (QED) is 0.620. The van der Waals surface area contributed by atoms with Crippen LogP contribution in [0.1, 0.15) is 52.8 Å². The number of carbonyl (C=O) groups excluding carboxylic acids is 2. The lowest BCUT2D eigenvalue weighted by molar-refractivity contribution is -0.0241. The number of hydrogen-bond donors (Lipinski definition) is 0. The first-order valence-corrected chi connectivity index (χ1v) is 8.09. The van der Waals surface area contributed by atoms with Gasteiger partial charge >= 0.3 is 5.97 Å². The summed E-state index contributed by atoms with van der Waals surface area (Å²) in [7, 11) is 0. The summed E-state index contributed by atoms with van der Waals surface area (Å²) in [6.45, 7) is 0. The number of hydrogen-bond acceptors (Lipinski definition) is 3. The van der Waals surface area contributed by atoms with E-state index < -0.39 is 11.6 Å². The first-order valence-electron chi connectivity index (χ1n) is 8.09. The van der Waals surface area contributed by atoms with Crippen molar-refractivity contribution in [1.82, 2.24) is 0 Å². The topological polar surface area (TPSA) is 43.4 Å². The third kappa shape index (κ3) is 3.34. The molecule has 0 radical (unpaired) electrons. The number of benzene rings is 2. The Kier molecular flexibility index (Phi) is 4.56. The van der Waals surface area contributed by atoms with Crippen molar-refractivity contribution in [1.29, 1.82) is 0 Å². The van der Waals surface area contributed by atoms with Gasteiger partial charge in [0.15, 0.2) is 5.60 Å². The summed E-state index contributed by atoms with van der Waals surface area (Å²) < 4.78 is 5.79. The molecule has 0 N–H and O–H groups in total. The van der Waals surface area contributed by atoms with Crippen molar-refractivity contribution in [2.45, 2.75) is 37.7 Å². The SMILES string of the molecule is O=C(OC1(C(=O)c2ccccc2)CCCCC1)c1ccccc1. The van der Waals surface area contributed by atoms with Crippen LogP contribution in [-0.4, -0.2) is 17.4 Å². The smallest absolute Gasteiger partial charge is 0.339 e. The fourth-order valence-electron chi connectivity index (χ4n) is 3.16. The van der Waals surface area contributed by atoms with Crippen LogP contribution in [0.3, 0.4) is 0 Å². The van der Waals surface area contributed by atoms with Crippen LogP contribution in [0.5, 0.6) is 0 Å². The van der Waals surface area contributed by atoms with E-state index in [0.717, 1.165) is 19.3 Å². The summed E-state index contributed by atoms with van der Waals surface area (Å²) in [5, 5.41) is 0. The highest BCUT2D eigenvalue weighted by Gasteiger charge is 2.43. The van der Waals surface area contributed by atoms with Crippen LogP contribution in [0, 0.1) is 0 Å². The molecule has 0 amide bonds. The maximum absolute atomic E-state index is 13.0. The van der Waals surface area contributed by atoms with E-state index in [-0.39, 0.29) is 5.78 Å². The van der Waals surface area contributed by atoms with Crippen LogP contribution in [-0.2, 0) is 4.74 Å². The van der Waals surface area contributed by atoms with Crippen molar-refractivity contribution in [3.63, 3.8) is 0 Å². The molecule has 1 aliphatic carbocycles. The Labute approximate surface area is 136 Å². The summed E-state index contributed by atoms with van der Waals surface area (Å²) in [5.74, 6) is -0.501. The second-order valence-electron chi connectivity index (χ2n) is 6.01. The van der Waals surface area contributed by atoms with Gasteiger partial charge in [-0.1, -0.05) is 55.0 Å². The average molecular weight is 308 g/mol. The molecule has 2 aromatic rings. The van der Waals surface area contributed by atoms with E-state index in [1.807, 2.05) is 24.3 Å². The second kappa shape index (κ2) is 6.78. The summed E-state index contributed by atoms with van der Waals surface area (Å²) >= 11 is 0. The predicted molar refractivity (Wildman–Crippen MR) is 88.4 cm³/mol. The van der Waals surface area contributed by atoms with Crippen LogP contribution in [0.4, 0.5) is 0 Å². The zero-order chi connectivity index (χ0) is 16.1. The molecule has 0 saturated heterocycles. The number of esters is 1. The molecule has 3 nitrogen and oxygen atoms in total. The number of ketones is 1. The molecule has 0 aromatic heterocycles. The largest absolute Gasteiger partial charge is 0.447 e. The third-order valence-corrected chi connectivity index (χ3v) is 4.41. The first-order chi connectivity index (χ1) is 11.2. The Hall–Kier alpha value is -2.42. The van der Waals surface area contributed by atoms with Crippen molar-refractivity contribution >= 4 is 11.8 Å². The van der Waals surface area contributed by atoms with Crippen LogP contribution in [0.15, 0.2) is 60.7 Å². The Morgan fingerprint density at radius 1 is 0.739 bits per heavy atom. The highest BCUT2D eigenvalue weighted by molar-refractivity contribution is 6.04. The second-order valence-corrected chi connectivity index (χ2v) is 6.01. The number of rotatable bonds is 4. The van der Waals surface area contributed by atoms with Crippen LogP contribution in [0.2, 0.25) is 0 Å². The molecule has 0 aliphatic heterocycles. The lowest BCUT2D eigenvalue weighted by atomic mass is 9.79. The summed E-state index contributed by atoms with van der Waals surface area (Å²) in [6.07, 6.45) is 4.08. The van der Waals surface area contributed by atoms with Gasteiger partial charge in [0, 0.05) is 5.56 Å². The van der Waals surface area contributed by atoms with E-state index in [0.29, 0.717) is 24.0 Å². The molecular weight excluding hydrogens is 288 g/mol. The first kappa shape index (κ1) is 15.5. The van der Waals surface area contributed by atoms with Gasteiger partial charge in [0.1, 0.15) is 0 Å². The van der Waals surface area contributed by atoms with Gasteiger partial charge in [0.05, 0.1) is 5.56 Å².